The first-order valence-corrected chi connectivity index (χ1v) is 10.4. The maximum absolute atomic E-state index is 13.9. The van der Waals surface area contributed by atoms with Crippen LogP contribution in [0.3, 0.4) is 0 Å². The Morgan fingerprint density at radius 1 is 1.09 bits per heavy atom. The van der Waals surface area contributed by atoms with E-state index in [2.05, 4.69) is 5.32 Å². The Morgan fingerprint density at radius 3 is 2.31 bits per heavy atom. The van der Waals surface area contributed by atoms with Gasteiger partial charge in [-0.3, -0.25) is 10.1 Å². The van der Waals surface area contributed by atoms with Crippen molar-refractivity contribution in [1.29, 1.82) is 0 Å². The minimum Gasteiger partial charge on any atom is -0.444 e. The summed E-state index contributed by atoms with van der Waals surface area (Å²) in [6.45, 7) is 6.95. The van der Waals surface area contributed by atoms with E-state index < -0.39 is 51.4 Å². The van der Waals surface area contributed by atoms with E-state index in [4.69, 9.17) is 10.5 Å². The second-order valence-corrected chi connectivity index (χ2v) is 8.78. The second-order valence-electron chi connectivity index (χ2n) is 8.78. The van der Waals surface area contributed by atoms with Gasteiger partial charge in [0, 0.05) is 37.8 Å². The van der Waals surface area contributed by atoms with Crippen LogP contribution < -0.4 is 16.0 Å². The summed E-state index contributed by atoms with van der Waals surface area (Å²) in [5, 5.41) is 12.7. The number of nitrogens with one attached hydrogen (secondary N) is 1. The summed E-state index contributed by atoms with van der Waals surface area (Å²) in [5.74, 6) is -5.29. The number of nitro benzene ring substituents is 1. The van der Waals surface area contributed by atoms with Crippen molar-refractivity contribution < 1.29 is 36.4 Å². The van der Waals surface area contributed by atoms with E-state index in [1.54, 1.807) is 25.7 Å². The summed E-state index contributed by atoms with van der Waals surface area (Å²) >= 11 is 0. The molecule has 0 spiro atoms. The number of nitrogens with zero attached hydrogens (tertiary/aromatic N) is 2. The van der Waals surface area contributed by atoms with Crippen molar-refractivity contribution in [3.05, 3.63) is 63.5 Å². The molecule has 2 aromatic rings. The molecule has 1 amide bonds. The average Bonchev–Trinajstić information content (AvgIpc) is 3.19. The van der Waals surface area contributed by atoms with Crippen LogP contribution in [0, 0.1) is 45.1 Å². The van der Waals surface area contributed by atoms with Gasteiger partial charge in [-0.05, 0) is 33.1 Å². The molecule has 13 heteroatoms. The predicted molar refractivity (Wildman–Crippen MR) is 118 cm³/mol. The fraction of sp³-hybridized carbons (Fsp3) is 0.409. The molecule has 8 nitrogen and oxygen atoms in total. The molecule has 1 aliphatic heterocycles. The highest BCUT2D eigenvalue weighted by molar-refractivity contribution is 5.67. The number of nitrogens with two attached hydrogens (primary N) is 1. The Bertz CT molecular complexity index is 1090. The fourth-order valence-corrected chi connectivity index (χ4v) is 3.21. The van der Waals surface area contributed by atoms with E-state index in [0.717, 1.165) is 18.6 Å². The molecule has 3 N–H and O–H groups in total. The monoisotopic (exact) mass is 504 g/mol. The lowest BCUT2D eigenvalue weighted by Crippen LogP contribution is -2.36. The van der Waals surface area contributed by atoms with E-state index in [1.807, 2.05) is 0 Å². The molecule has 1 aliphatic rings. The largest absolute Gasteiger partial charge is 0.444 e. The second kappa shape index (κ2) is 11.2. The molecule has 0 saturated carbocycles. The molecule has 192 valence electrons. The summed E-state index contributed by atoms with van der Waals surface area (Å²) in [4.78, 5) is 22.2. The van der Waals surface area contributed by atoms with Gasteiger partial charge in [0.05, 0.1) is 22.4 Å². The summed E-state index contributed by atoms with van der Waals surface area (Å²) in [5.41, 5.74) is 3.74. The van der Waals surface area contributed by atoms with Crippen molar-refractivity contribution >= 4 is 23.2 Å². The number of nitro groups is 1. The maximum atomic E-state index is 13.9. The van der Waals surface area contributed by atoms with E-state index in [1.165, 1.54) is 0 Å². The van der Waals surface area contributed by atoms with E-state index in [-0.39, 0.29) is 29.4 Å². The minimum atomic E-state index is -1.45. The molecule has 1 saturated heterocycles. The number of rotatable bonds is 4. The fourth-order valence-electron chi connectivity index (χ4n) is 3.21. The number of carbonyl (C=O) groups is 1. The number of amides is 1. The van der Waals surface area contributed by atoms with Gasteiger partial charge >= 0.3 is 11.8 Å². The van der Waals surface area contributed by atoms with Crippen LogP contribution in [0.5, 0.6) is 0 Å². The molecule has 1 heterocycles. The number of ether oxygens (including phenoxy) is 1. The van der Waals surface area contributed by atoms with Gasteiger partial charge in [0.1, 0.15) is 17.2 Å². The standard InChI is InChI=1S/C16H23F2N3O2.C6H2F3NO2/c1-16(2,3)23-15(22)20-8-10-4-5-21(9-10)14-7-11(17)13(19)6-12(14)18;7-3-1-5(9)6(10(11)12)2-4(3)8/h6-7,10H,4-5,8-9,19H2,1-3H3,(H,20,22);1-2H. The quantitative estimate of drug-likeness (QED) is 0.201. The molecule has 0 aliphatic carbocycles. The molecular formula is C22H25F5N4O4. The smallest absolute Gasteiger partial charge is 0.407 e. The summed E-state index contributed by atoms with van der Waals surface area (Å²) in [6, 6.07) is 2.45. The van der Waals surface area contributed by atoms with Crippen LogP contribution in [-0.2, 0) is 4.74 Å². The van der Waals surface area contributed by atoms with Gasteiger partial charge < -0.3 is 20.7 Å². The van der Waals surface area contributed by atoms with Crippen LogP contribution in [0.15, 0.2) is 24.3 Å². The Labute approximate surface area is 198 Å². The number of hydrogen-bond acceptors (Lipinski definition) is 6. The first-order chi connectivity index (χ1) is 16.2. The zero-order chi connectivity index (χ0) is 26.5. The number of alkyl carbamates (subject to hydrolysis) is 1. The number of nitrogen functional groups attached to an aromatic ring is 1. The molecule has 0 aromatic heterocycles. The van der Waals surface area contributed by atoms with Gasteiger partial charge in [-0.2, -0.15) is 4.39 Å². The molecule has 1 atom stereocenters. The third kappa shape index (κ3) is 7.97. The number of carbonyl (C=O) groups excluding carboxylic acids is 1. The van der Waals surface area contributed by atoms with Gasteiger partial charge in [-0.1, -0.05) is 0 Å². The summed E-state index contributed by atoms with van der Waals surface area (Å²) < 4.78 is 69.5. The van der Waals surface area contributed by atoms with Gasteiger partial charge in [0.2, 0.25) is 5.82 Å². The number of halogens is 5. The zero-order valence-corrected chi connectivity index (χ0v) is 19.2. The van der Waals surface area contributed by atoms with Crippen LogP contribution in [0.25, 0.3) is 0 Å². The van der Waals surface area contributed by atoms with Crippen molar-refractivity contribution in [2.24, 2.45) is 5.92 Å². The molecule has 1 fully saturated rings. The summed E-state index contributed by atoms with van der Waals surface area (Å²) in [7, 11) is 0. The third-order valence-corrected chi connectivity index (χ3v) is 4.81. The maximum Gasteiger partial charge on any atom is 0.407 e. The van der Waals surface area contributed by atoms with Crippen LogP contribution in [0.4, 0.5) is 43.8 Å². The highest BCUT2D eigenvalue weighted by Crippen LogP contribution is 2.29. The Morgan fingerprint density at radius 2 is 1.71 bits per heavy atom. The van der Waals surface area contributed by atoms with Gasteiger partial charge in [-0.15, -0.1) is 0 Å². The zero-order valence-electron chi connectivity index (χ0n) is 19.2. The molecule has 35 heavy (non-hydrogen) atoms. The highest BCUT2D eigenvalue weighted by atomic mass is 19.2. The normalized spacial score (nSPS) is 15.3. The molecule has 2 aromatic carbocycles. The molecule has 0 radical (unpaired) electrons. The number of benzene rings is 2. The van der Waals surface area contributed by atoms with E-state index >= 15 is 0 Å². The Kier molecular flexibility index (Phi) is 8.83. The Hall–Kier alpha value is -3.64. The van der Waals surface area contributed by atoms with Crippen molar-refractivity contribution in [2.75, 3.05) is 30.3 Å². The lowest BCUT2D eigenvalue weighted by Gasteiger charge is -2.21. The van der Waals surface area contributed by atoms with Crippen molar-refractivity contribution in [2.45, 2.75) is 32.8 Å². The first kappa shape index (κ1) is 27.6. The average molecular weight is 504 g/mol. The number of hydrogen-bond donors (Lipinski definition) is 2. The van der Waals surface area contributed by atoms with Crippen LogP contribution >= 0.6 is 0 Å². The lowest BCUT2D eigenvalue weighted by atomic mass is 10.1. The van der Waals surface area contributed by atoms with Crippen molar-refractivity contribution in [3.8, 4) is 0 Å². The molecule has 3 rings (SSSR count). The SMILES string of the molecule is CC(C)(C)OC(=O)NCC1CCN(c2cc(F)c(N)cc2F)C1.O=[N+]([O-])c1cc(F)c(F)cc1F. The topological polar surface area (TPSA) is 111 Å². The van der Waals surface area contributed by atoms with Crippen LogP contribution in [0.1, 0.15) is 27.2 Å². The van der Waals surface area contributed by atoms with Crippen molar-refractivity contribution in [3.63, 3.8) is 0 Å². The number of anilines is 2. The molecular weight excluding hydrogens is 479 g/mol. The van der Waals surface area contributed by atoms with E-state index in [0.29, 0.717) is 19.6 Å². The Balaban J connectivity index is 0.000000303. The van der Waals surface area contributed by atoms with Crippen molar-refractivity contribution in [1.82, 2.24) is 5.32 Å². The highest BCUT2D eigenvalue weighted by Gasteiger charge is 2.26. The van der Waals surface area contributed by atoms with Gasteiger partial charge in [-0.25, -0.2) is 22.4 Å². The predicted octanol–water partition coefficient (Wildman–Crippen LogP) is 4.91. The van der Waals surface area contributed by atoms with Gasteiger partial charge in [0.25, 0.3) is 0 Å². The molecule has 0 bridgehead atoms. The lowest BCUT2D eigenvalue weighted by molar-refractivity contribution is -0.387. The van der Waals surface area contributed by atoms with Gasteiger partial charge in [0.15, 0.2) is 11.6 Å². The van der Waals surface area contributed by atoms with Crippen LogP contribution in [-0.4, -0.2) is 36.3 Å². The van der Waals surface area contributed by atoms with Crippen LogP contribution in [0.2, 0.25) is 0 Å². The summed E-state index contributed by atoms with van der Waals surface area (Å²) in [6.07, 6.45) is 0.307. The van der Waals surface area contributed by atoms with E-state index in [9.17, 15) is 36.9 Å². The molecule has 1 unspecified atom stereocenters. The minimum absolute atomic E-state index is 0.132. The first-order valence-electron chi connectivity index (χ1n) is 10.4. The third-order valence-electron chi connectivity index (χ3n) is 4.81.